The highest BCUT2D eigenvalue weighted by atomic mass is 35.5. The number of rotatable bonds is 8. The number of methoxy groups -OCH3 is 2. The Hall–Kier alpha value is -3.51. The summed E-state index contributed by atoms with van der Waals surface area (Å²) >= 11 is 5.90. The van der Waals surface area contributed by atoms with Crippen LogP contribution in [0.25, 0.3) is 0 Å². The summed E-state index contributed by atoms with van der Waals surface area (Å²) in [6.45, 7) is 0.386. The number of carbonyl (C=O) groups is 1. The Morgan fingerprint density at radius 3 is 2.53 bits per heavy atom. The van der Waals surface area contributed by atoms with Crippen molar-refractivity contribution >= 4 is 23.7 Å². The van der Waals surface area contributed by atoms with Crippen LogP contribution in [0.15, 0.2) is 71.8 Å². The molecule has 0 atom stereocenters. The van der Waals surface area contributed by atoms with Gasteiger partial charge in [-0.1, -0.05) is 29.8 Å². The Morgan fingerprint density at radius 2 is 1.80 bits per heavy atom. The Bertz CT molecular complexity index is 1040. The van der Waals surface area contributed by atoms with E-state index in [0.29, 0.717) is 34.4 Å². The third-order valence-corrected chi connectivity index (χ3v) is 4.46. The van der Waals surface area contributed by atoms with Crippen molar-refractivity contribution in [2.75, 3.05) is 14.2 Å². The first-order valence-electron chi connectivity index (χ1n) is 9.12. The minimum absolute atomic E-state index is 0.333. The fourth-order valence-corrected chi connectivity index (χ4v) is 2.75. The number of amides is 1. The van der Waals surface area contributed by atoms with Crippen LogP contribution in [0.4, 0.5) is 0 Å². The molecular weight excluding hydrogens is 404 g/mol. The number of nitrogens with zero attached hydrogens (tertiary/aromatic N) is 1. The molecule has 0 spiro atoms. The first-order chi connectivity index (χ1) is 14.6. The molecule has 0 aliphatic heterocycles. The number of carbonyl (C=O) groups excluding carboxylic acids is 1. The summed E-state index contributed by atoms with van der Waals surface area (Å²) in [5.74, 6) is 1.43. The molecule has 30 heavy (non-hydrogen) atoms. The van der Waals surface area contributed by atoms with Gasteiger partial charge in [-0.3, -0.25) is 4.79 Å². The van der Waals surface area contributed by atoms with Crippen LogP contribution in [0.2, 0.25) is 5.02 Å². The first kappa shape index (κ1) is 21.2. The summed E-state index contributed by atoms with van der Waals surface area (Å²) in [7, 11) is 3.11. The third-order valence-electron chi connectivity index (χ3n) is 4.21. The summed E-state index contributed by atoms with van der Waals surface area (Å²) in [6, 6.07) is 19.7. The molecule has 0 aromatic heterocycles. The average molecular weight is 425 g/mol. The van der Waals surface area contributed by atoms with Gasteiger partial charge in [-0.2, -0.15) is 5.10 Å². The second-order valence-electron chi connectivity index (χ2n) is 6.26. The van der Waals surface area contributed by atoms with Crippen molar-refractivity contribution in [3.63, 3.8) is 0 Å². The van der Waals surface area contributed by atoms with Crippen molar-refractivity contribution < 1.29 is 19.0 Å². The van der Waals surface area contributed by atoms with Crippen molar-refractivity contribution in [3.8, 4) is 17.2 Å². The van der Waals surface area contributed by atoms with E-state index in [1.165, 1.54) is 6.21 Å². The van der Waals surface area contributed by atoms with E-state index in [-0.39, 0.29) is 5.91 Å². The number of hydrazone groups is 1. The summed E-state index contributed by atoms with van der Waals surface area (Å²) in [5.41, 5.74) is 4.69. The maximum atomic E-state index is 12.2. The highest BCUT2D eigenvalue weighted by Gasteiger charge is 2.07. The normalized spacial score (nSPS) is 10.6. The molecule has 0 bridgehead atoms. The molecule has 154 valence electrons. The predicted octanol–water partition coefficient (Wildman–Crippen LogP) is 4.70. The standard InChI is InChI=1S/C23H21ClN2O4/c1-28-20-5-3-4-18(13-20)23(27)26-25-14-17-8-11-21(22(12-17)29-2)30-15-16-6-9-19(24)10-7-16/h3-14H,15H2,1-2H3,(H,26,27)/b25-14+. The van der Waals surface area contributed by atoms with Crippen LogP contribution in [0, 0.1) is 0 Å². The zero-order valence-corrected chi connectivity index (χ0v) is 17.3. The minimum Gasteiger partial charge on any atom is -0.497 e. The number of hydrogen-bond donors (Lipinski definition) is 1. The van der Waals surface area contributed by atoms with Gasteiger partial charge in [0.05, 0.1) is 20.4 Å². The fraction of sp³-hybridized carbons (Fsp3) is 0.130. The molecule has 0 saturated heterocycles. The summed E-state index contributed by atoms with van der Waals surface area (Å²) in [6.07, 6.45) is 1.53. The largest absolute Gasteiger partial charge is 0.497 e. The molecule has 1 N–H and O–H groups in total. The molecule has 6 nitrogen and oxygen atoms in total. The van der Waals surface area contributed by atoms with E-state index in [4.69, 9.17) is 25.8 Å². The van der Waals surface area contributed by atoms with Crippen molar-refractivity contribution in [3.05, 3.63) is 88.4 Å². The molecular formula is C23H21ClN2O4. The van der Waals surface area contributed by atoms with E-state index in [9.17, 15) is 4.79 Å². The molecule has 0 radical (unpaired) electrons. The van der Waals surface area contributed by atoms with Crippen LogP contribution in [-0.2, 0) is 6.61 Å². The predicted molar refractivity (Wildman–Crippen MR) is 117 cm³/mol. The molecule has 3 aromatic carbocycles. The molecule has 3 rings (SSSR count). The van der Waals surface area contributed by atoms with Crippen LogP contribution in [0.5, 0.6) is 17.2 Å². The van der Waals surface area contributed by atoms with Crippen LogP contribution in [0.3, 0.4) is 0 Å². The highest BCUT2D eigenvalue weighted by Crippen LogP contribution is 2.28. The van der Waals surface area contributed by atoms with Gasteiger partial charge in [0, 0.05) is 10.6 Å². The van der Waals surface area contributed by atoms with Crippen LogP contribution < -0.4 is 19.6 Å². The van der Waals surface area contributed by atoms with Crippen molar-refractivity contribution in [1.29, 1.82) is 0 Å². The van der Waals surface area contributed by atoms with E-state index in [2.05, 4.69) is 10.5 Å². The minimum atomic E-state index is -0.333. The van der Waals surface area contributed by atoms with Gasteiger partial charge in [-0.15, -0.1) is 0 Å². The van der Waals surface area contributed by atoms with E-state index in [1.807, 2.05) is 30.3 Å². The molecule has 0 aliphatic rings. The van der Waals surface area contributed by atoms with E-state index in [0.717, 1.165) is 11.1 Å². The number of hydrogen-bond acceptors (Lipinski definition) is 5. The Kier molecular flexibility index (Phi) is 7.29. The summed E-state index contributed by atoms with van der Waals surface area (Å²) in [4.78, 5) is 12.2. The smallest absolute Gasteiger partial charge is 0.271 e. The Balaban J connectivity index is 1.62. The fourth-order valence-electron chi connectivity index (χ4n) is 2.62. The van der Waals surface area contributed by atoms with Gasteiger partial charge in [0.2, 0.25) is 0 Å². The quantitative estimate of drug-likeness (QED) is 0.420. The van der Waals surface area contributed by atoms with E-state index >= 15 is 0 Å². The number of halogens is 1. The SMILES string of the molecule is COc1cccc(C(=O)N/N=C/c2ccc(OCc3ccc(Cl)cc3)c(OC)c2)c1. The van der Waals surface area contributed by atoms with Gasteiger partial charge in [-0.25, -0.2) is 5.43 Å². The van der Waals surface area contributed by atoms with Crippen LogP contribution in [0.1, 0.15) is 21.5 Å². The number of nitrogens with one attached hydrogen (secondary N) is 1. The molecule has 0 saturated carbocycles. The van der Waals surface area contributed by atoms with E-state index in [1.54, 1.807) is 50.6 Å². The van der Waals surface area contributed by atoms with Gasteiger partial charge >= 0.3 is 0 Å². The molecule has 0 heterocycles. The molecule has 7 heteroatoms. The lowest BCUT2D eigenvalue weighted by Crippen LogP contribution is -2.17. The lowest BCUT2D eigenvalue weighted by atomic mass is 10.2. The van der Waals surface area contributed by atoms with Gasteiger partial charge < -0.3 is 14.2 Å². The number of ether oxygens (including phenoxy) is 3. The van der Waals surface area contributed by atoms with Gasteiger partial charge in [-0.05, 0) is 59.7 Å². The summed E-state index contributed by atoms with van der Waals surface area (Å²) in [5, 5.41) is 4.69. The molecule has 0 fully saturated rings. The molecule has 0 unspecified atom stereocenters. The van der Waals surface area contributed by atoms with Gasteiger partial charge in [0.1, 0.15) is 12.4 Å². The highest BCUT2D eigenvalue weighted by molar-refractivity contribution is 6.30. The second kappa shape index (κ2) is 10.3. The van der Waals surface area contributed by atoms with Gasteiger partial charge in [0.25, 0.3) is 5.91 Å². The molecule has 0 aliphatic carbocycles. The monoisotopic (exact) mass is 424 g/mol. The summed E-state index contributed by atoms with van der Waals surface area (Å²) < 4.78 is 16.4. The second-order valence-corrected chi connectivity index (χ2v) is 6.69. The zero-order chi connectivity index (χ0) is 21.3. The Morgan fingerprint density at radius 1 is 1.00 bits per heavy atom. The topological polar surface area (TPSA) is 69.2 Å². The maximum absolute atomic E-state index is 12.2. The average Bonchev–Trinajstić information content (AvgIpc) is 2.79. The van der Waals surface area contributed by atoms with Crippen molar-refractivity contribution in [1.82, 2.24) is 5.43 Å². The van der Waals surface area contributed by atoms with Crippen molar-refractivity contribution in [2.24, 2.45) is 5.10 Å². The maximum Gasteiger partial charge on any atom is 0.271 e. The molecule has 1 amide bonds. The van der Waals surface area contributed by atoms with Gasteiger partial charge in [0.15, 0.2) is 11.5 Å². The lowest BCUT2D eigenvalue weighted by molar-refractivity contribution is 0.0955. The Labute approximate surface area is 180 Å². The zero-order valence-electron chi connectivity index (χ0n) is 16.6. The first-order valence-corrected chi connectivity index (χ1v) is 9.49. The lowest BCUT2D eigenvalue weighted by Gasteiger charge is -2.11. The van der Waals surface area contributed by atoms with Crippen LogP contribution >= 0.6 is 11.6 Å². The third kappa shape index (κ3) is 5.75. The van der Waals surface area contributed by atoms with Crippen molar-refractivity contribution in [2.45, 2.75) is 6.61 Å². The molecule has 3 aromatic rings. The van der Waals surface area contributed by atoms with E-state index < -0.39 is 0 Å². The number of benzene rings is 3. The van der Waals surface area contributed by atoms with Crippen LogP contribution in [-0.4, -0.2) is 26.3 Å².